The Bertz CT molecular complexity index is 569. The summed E-state index contributed by atoms with van der Waals surface area (Å²) in [5, 5.41) is 23.3. The van der Waals surface area contributed by atoms with Crippen molar-refractivity contribution in [1.29, 1.82) is 0 Å². The maximum Gasteiger partial charge on any atom is 0.307 e. The van der Waals surface area contributed by atoms with Crippen molar-refractivity contribution in [3.05, 3.63) is 29.8 Å². The Labute approximate surface area is 121 Å². The minimum Gasteiger partial charge on any atom is -0.481 e. The first kappa shape index (κ1) is 14.9. The number of rotatable bonds is 7. The summed E-state index contributed by atoms with van der Waals surface area (Å²) in [4.78, 5) is 15.8. The first-order valence-corrected chi connectivity index (χ1v) is 6.78. The number of hydrogen-bond donors (Lipinski definition) is 3. The molecule has 112 valence electrons. The Morgan fingerprint density at radius 2 is 2.29 bits per heavy atom. The third-order valence-electron chi connectivity index (χ3n) is 3.37. The Morgan fingerprint density at radius 3 is 2.81 bits per heavy atom. The average molecular weight is 290 g/mol. The van der Waals surface area contributed by atoms with Crippen LogP contribution in [0, 0.1) is 5.92 Å². The zero-order valence-electron chi connectivity index (χ0n) is 11.7. The summed E-state index contributed by atoms with van der Waals surface area (Å²) in [7, 11) is 0. The number of aromatic amines is 1. The predicted octanol–water partition coefficient (Wildman–Crippen LogP) is 1.00. The fourth-order valence-electron chi connectivity index (χ4n) is 2.33. The Morgan fingerprint density at radius 1 is 1.48 bits per heavy atom. The highest BCUT2D eigenvalue weighted by atomic mass is 16.4. The summed E-state index contributed by atoms with van der Waals surface area (Å²) in [6.07, 6.45) is 3.29. The Hall–Kier alpha value is -2.51. The van der Waals surface area contributed by atoms with Crippen molar-refractivity contribution in [3.8, 4) is 0 Å². The molecule has 0 aromatic carbocycles. The smallest absolute Gasteiger partial charge is 0.307 e. The van der Waals surface area contributed by atoms with Crippen LogP contribution in [-0.2, 0) is 11.2 Å². The summed E-state index contributed by atoms with van der Waals surface area (Å²) in [6.45, 7) is 1.95. The number of nitrogen functional groups attached to an aromatic ring is 1. The maximum atomic E-state index is 11.5. The van der Waals surface area contributed by atoms with Gasteiger partial charge in [0, 0.05) is 18.0 Å². The number of carbonyl (C=O) groups is 1. The molecule has 4 N–H and O–H groups in total. The van der Waals surface area contributed by atoms with E-state index in [1.165, 1.54) is 0 Å². The molecule has 2 heterocycles. The second kappa shape index (κ2) is 6.78. The summed E-state index contributed by atoms with van der Waals surface area (Å²) in [6, 6.07) is 3.53. The molecule has 0 spiro atoms. The monoisotopic (exact) mass is 290 g/mol. The highest BCUT2D eigenvalue weighted by molar-refractivity contribution is 5.71. The van der Waals surface area contributed by atoms with E-state index < -0.39 is 11.9 Å². The molecule has 2 aromatic heterocycles. The molecule has 0 aliphatic heterocycles. The molecule has 0 fully saturated rings. The molecule has 0 amide bonds. The molecule has 2 atom stereocenters. The zero-order valence-corrected chi connectivity index (χ0v) is 11.7. The summed E-state index contributed by atoms with van der Waals surface area (Å²) < 4.78 is 0. The van der Waals surface area contributed by atoms with Gasteiger partial charge in [-0.25, -0.2) is 0 Å². The fraction of sp³-hybridized carbons (Fsp3) is 0.462. The molecular formula is C13H18N6O2. The van der Waals surface area contributed by atoms with E-state index in [0.717, 1.165) is 12.1 Å². The lowest BCUT2D eigenvalue weighted by Crippen LogP contribution is -2.25. The lowest BCUT2D eigenvalue weighted by molar-refractivity contribution is -0.143. The number of aromatic nitrogens is 5. The molecule has 8 nitrogen and oxygen atoms in total. The number of hydrogen-bond acceptors (Lipinski definition) is 6. The number of H-pyrrole nitrogens is 1. The molecule has 0 saturated heterocycles. The van der Waals surface area contributed by atoms with E-state index >= 15 is 0 Å². The van der Waals surface area contributed by atoms with Crippen LogP contribution in [0.2, 0.25) is 0 Å². The van der Waals surface area contributed by atoms with Crippen LogP contribution in [0.25, 0.3) is 0 Å². The van der Waals surface area contributed by atoms with E-state index in [0.29, 0.717) is 24.4 Å². The van der Waals surface area contributed by atoms with E-state index in [-0.39, 0.29) is 5.92 Å². The molecule has 21 heavy (non-hydrogen) atoms. The molecule has 0 bridgehead atoms. The number of aliphatic carboxylic acids is 1. The van der Waals surface area contributed by atoms with Gasteiger partial charge in [0.1, 0.15) is 0 Å². The highest BCUT2D eigenvalue weighted by Gasteiger charge is 2.32. The average Bonchev–Trinajstić information content (AvgIpc) is 2.98. The van der Waals surface area contributed by atoms with Crippen LogP contribution in [0.15, 0.2) is 18.3 Å². The number of tetrazole rings is 1. The number of nitrogens with two attached hydrogens (primary N) is 1. The Balaban J connectivity index is 2.27. The molecule has 0 aliphatic carbocycles. The number of carboxylic acids is 1. The Kier molecular flexibility index (Phi) is 4.81. The van der Waals surface area contributed by atoms with Crippen LogP contribution < -0.4 is 5.73 Å². The second-order valence-corrected chi connectivity index (χ2v) is 4.90. The number of pyridine rings is 1. The lowest BCUT2D eigenvalue weighted by atomic mass is 9.84. The van der Waals surface area contributed by atoms with Gasteiger partial charge in [-0.3, -0.25) is 9.78 Å². The standard InChI is InChI=1S/C13H18N6O2/c1-2-3-10(13(20)21)11(12-16-18-19-17-12)6-9-5-4-8(14)7-15-9/h4-5,7,10-11H,2-3,6,14H2,1H3,(H,20,21)(H,16,17,18,19). The van der Waals surface area contributed by atoms with Gasteiger partial charge < -0.3 is 10.8 Å². The molecule has 0 aliphatic rings. The summed E-state index contributed by atoms with van der Waals surface area (Å²) >= 11 is 0. The van der Waals surface area contributed by atoms with E-state index in [2.05, 4.69) is 25.6 Å². The number of carboxylic acid groups (broad SMARTS) is 1. The zero-order chi connectivity index (χ0) is 15.2. The van der Waals surface area contributed by atoms with Crippen LogP contribution in [0.3, 0.4) is 0 Å². The molecule has 0 saturated carbocycles. The van der Waals surface area contributed by atoms with E-state index in [4.69, 9.17) is 5.73 Å². The highest BCUT2D eigenvalue weighted by Crippen LogP contribution is 2.29. The van der Waals surface area contributed by atoms with Gasteiger partial charge in [-0.2, -0.15) is 5.21 Å². The minimum absolute atomic E-state index is 0.377. The molecule has 2 unspecified atom stereocenters. The normalized spacial score (nSPS) is 13.8. The molecule has 2 aromatic rings. The van der Waals surface area contributed by atoms with Gasteiger partial charge in [-0.05, 0) is 18.6 Å². The van der Waals surface area contributed by atoms with Crippen LogP contribution in [0.5, 0.6) is 0 Å². The maximum absolute atomic E-state index is 11.5. The third-order valence-corrected chi connectivity index (χ3v) is 3.37. The van der Waals surface area contributed by atoms with E-state index in [1.807, 2.05) is 6.92 Å². The molecule has 8 heteroatoms. The first-order chi connectivity index (χ1) is 10.1. The van der Waals surface area contributed by atoms with Crippen molar-refractivity contribution in [2.24, 2.45) is 5.92 Å². The largest absolute Gasteiger partial charge is 0.481 e. The minimum atomic E-state index is -0.859. The van der Waals surface area contributed by atoms with Gasteiger partial charge in [0.25, 0.3) is 0 Å². The quantitative estimate of drug-likeness (QED) is 0.693. The van der Waals surface area contributed by atoms with Crippen molar-refractivity contribution >= 4 is 11.7 Å². The van der Waals surface area contributed by atoms with Crippen LogP contribution in [0.4, 0.5) is 5.69 Å². The van der Waals surface area contributed by atoms with Crippen LogP contribution >= 0.6 is 0 Å². The van der Waals surface area contributed by atoms with Crippen molar-refractivity contribution < 1.29 is 9.90 Å². The van der Waals surface area contributed by atoms with Gasteiger partial charge in [0.2, 0.25) is 0 Å². The third kappa shape index (κ3) is 3.74. The van der Waals surface area contributed by atoms with Gasteiger partial charge >= 0.3 is 5.97 Å². The summed E-state index contributed by atoms with van der Waals surface area (Å²) in [5.41, 5.74) is 6.93. The molecule has 0 radical (unpaired) electrons. The molecular weight excluding hydrogens is 272 g/mol. The number of anilines is 1. The van der Waals surface area contributed by atoms with Crippen molar-refractivity contribution in [3.63, 3.8) is 0 Å². The van der Waals surface area contributed by atoms with Crippen LogP contribution in [0.1, 0.15) is 37.2 Å². The summed E-state index contributed by atoms with van der Waals surface area (Å²) in [5.74, 6) is -1.42. The van der Waals surface area contributed by atoms with Crippen molar-refractivity contribution in [2.75, 3.05) is 5.73 Å². The van der Waals surface area contributed by atoms with Crippen molar-refractivity contribution in [1.82, 2.24) is 25.6 Å². The van der Waals surface area contributed by atoms with Gasteiger partial charge in [0.05, 0.1) is 17.8 Å². The predicted molar refractivity (Wildman–Crippen MR) is 75.3 cm³/mol. The van der Waals surface area contributed by atoms with E-state index in [9.17, 15) is 9.90 Å². The van der Waals surface area contributed by atoms with Gasteiger partial charge in [-0.15, -0.1) is 10.2 Å². The number of nitrogens with zero attached hydrogens (tertiary/aromatic N) is 4. The van der Waals surface area contributed by atoms with Gasteiger partial charge in [0.15, 0.2) is 5.82 Å². The number of nitrogens with one attached hydrogen (secondary N) is 1. The second-order valence-electron chi connectivity index (χ2n) is 4.90. The van der Waals surface area contributed by atoms with Crippen LogP contribution in [-0.4, -0.2) is 36.7 Å². The van der Waals surface area contributed by atoms with Crippen molar-refractivity contribution in [2.45, 2.75) is 32.1 Å². The first-order valence-electron chi connectivity index (χ1n) is 6.78. The SMILES string of the molecule is CCCC(C(=O)O)C(Cc1ccc(N)cn1)c1nn[nH]n1. The lowest BCUT2D eigenvalue weighted by Gasteiger charge is -2.20. The molecule has 2 rings (SSSR count). The van der Waals surface area contributed by atoms with E-state index in [1.54, 1.807) is 18.3 Å². The fourth-order valence-corrected chi connectivity index (χ4v) is 2.33. The van der Waals surface area contributed by atoms with Gasteiger partial charge in [-0.1, -0.05) is 18.6 Å². The topological polar surface area (TPSA) is 131 Å².